The fourth-order valence-corrected chi connectivity index (χ4v) is 1.64. The number of aromatic nitrogens is 3. The van der Waals surface area contributed by atoms with Crippen molar-refractivity contribution in [1.29, 1.82) is 0 Å². The minimum atomic E-state index is -0.880. The normalized spacial score (nSPS) is 12.6. The van der Waals surface area contributed by atoms with Crippen molar-refractivity contribution in [2.75, 3.05) is 6.54 Å². The lowest BCUT2D eigenvalue weighted by atomic mass is 10.1. The third kappa shape index (κ3) is 3.12. The van der Waals surface area contributed by atoms with E-state index in [9.17, 15) is 9.50 Å². The van der Waals surface area contributed by atoms with Crippen molar-refractivity contribution in [2.45, 2.75) is 12.6 Å². The van der Waals surface area contributed by atoms with Gasteiger partial charge in [0, 0.05) is 19.2 Å². The third-order valence-electron chi connectivity index (χ3n) is 2.53. The van der Waals surface area contributed by atoms with Gasteiger partial charge in [-0.05, 0) is 6.07 Å². The maximum Gasteiger partial charge on any atom is 0.164 e. The first-order valence-electron chi connectivity index (χ1n) is 5.64. The molecule has 0 saturated heterocycles. The molecule has 2 rings (SSSR count). The molecule has 1 heterocycles. The second-order valence-corrected chi connectivity index (χ2v) is 4.00. The molecule has 0 aliphatic carbocycles. The number of hydrogen-bond donors (Lipinski definition) is 2. The summed E-state index contributed by atoms with van der Waals surface area (Å²) >= 11 is 0. The van der Waals surface area contributed by atoms with Crippen molar-refractivity contribution >= 4 is 0 Å². The lowest BCUT2D eigenvalue weighted by Crippen LogP contribution is -2.22. The highest BCUT2D eigenvalue weighted by molar-refractivity contribution is 5.19. The van der Waals surface area contributed by atoms with Crippen LogP contribution in [0, 0.1) is 5.82 Å². The Morgan fingerprint density at radius 2 is 2.22 bits per heavy atom. The van der Waals surface area contributed by atoms with Gasteiger partial charge in [-0.25, -0.2) is 9.37 Å². The van der Waals surface area contributed by atoms with Gasteiger partial charge in [0.25, 0.3) is 0 Å². The van der Waals surface area contributed by atoms with Crippen LogP contribution in [-0.4, -0.2) is 26.4 Å². The number of benzene rings is 1. The molecule has 1 aromatic heterocycles. The van der Waals surface area contributed by atoms with Crippen LogP contribution in [0.4, 0.5) is 4.39 Å². The highest BCUT2D eigenvalue weighted by Crippen LogP contribution is 2.15. The molecule has 2 aromatic rings. The van der Waals surface area contributed by atoms with Crippen molar-refractivity contribution < 1.29 is 9.50 Å². The summed E-state index contributed by atoms with van der Waals surface area (Å²) in [6.45, 7) is 0.686. The van der Waals surface area contributed by atoms with Crippen LogP contribution in [0.2, 0.25) is 0 Å². The Morgan fingerprint density at radius 3 is 2.89 bits per heavy atom. The van der Waals surface area contributed by atoms with E-state index in [2.05, 4.69) is 15.4 Å². The predicted molar refractivity (Wildman–Crippen MR) is 64.1 cm³/mol. The Balaban J connectivity index is 1.85. The van der Waals surface area contributed by atoms with Crippen LogP contribution in [0.3, 0.4) is 0 Å². The Labute approximate surface area is 104 Å². The Kier molecular flexibility index (Phi) is 4.01. The molecule has 0 fully saturated rings. The molecular formula is C12H15FN4O. The van der Waals surface area contributed by atoms with E-state index in [0.717, 1.165) is 0 Å². The van der Waals surface area contributed by atoms with Gasteiger partial charge >= 0.3 is 0 Å². The Morgan fingerprint density at radius 1 is 1.44 bits per heavy atom. The van der Waals surface area contributed by atoms with Gasteiger partial charge in [-0.3, -0.25) is 4.68 Å². The molecule has 0 radical (unpaired) electrons. The Hall–Kier alpha value is -1.79. The van der Waals surface area contributed by atoms with Crippen LogP contribution in [0.15, 0.2) is 30.6 Å². The van der Waals surface area contributed by atoms with Crippen LogP contribution in [0.1, 0.15) is 17.5 Å². The molecule has 0 aliphatic heterocycles. The van der Waals surface area contributed by atoms with Crippen LogP contribution in [0.5, 0.6) is 0 Å². The predicted octanol–water partition coefficient (Wildman–Crippen LogP) is 0.777. The number of aliphatic hydroxyl groups is 1. The van der Waals surface area contributed by atoms with Crippen molar-refractivity contribution in [3.63, 3.8) is 0 Å². The van der Waals surface area contributed by atoms with E-state index < -0.39 is 11.9 Å². The highest BCUT2D eigenvalue weighted by Gasteiger charge is 2.11. The molecule has 18 heavy (non-hydrogen) atoms. The lowest BCUT2D eigenvalue weighted by Gasteiger charge is -2.12. The molecule has 1 atom stereocenters. The van der Waals surface area contributed by atoms with Crippen LogP contribution < -0.4 is 5.32 Å². The van der Waals surface area contributed by atoms with Gasteiger partial charge in [0.05, 0.1) is 12.6 Å². The first kappa shape index (κ1) is 12.7. The zero-order valence-corrected chi connectivity index (χ0v) is 10.0. The van der Waals surface area contributed by atoms with Gasteiger partial charge in [-0.2, -0.15) is 5.10 Å². The number of halogens is 1. The van der Waals surface area contributed by atoms with Crippen molar-refractivity contribution in [1.82, 2.24) is 20.1 Å². The summed E-state index contributed by atoms with van der Waals surface area (Å²) in [6.07, 6.45) is 0.722. The van der Waals surface area contributed by atoms with Crippen molar-refractivity contribution in [2.24, 2.45) is 7.05 Å². The second-order valence-electron chi connectivity index (χ2n) is 4.00. The van der Waals surface area contributed by atoms with Gasteiger partial charge in [0.1, 0.15) is 12.1 Å². The number of aryl methyl sites for hydroxylation is 1. The van der Waals surface area contributed by atoms with E-state index in [1.54, 1.807) is 36.3 Å². The van der Waals surface area contributed by atoms with Gasteiger partial charge in [0.15, 0.2) is 5.82 Å². The van der Waals surface area contributed by atoms with E-state index in [-0.39, 0.29) is 6.54 Å². The Bertz CT molecular complexity index is 514. The third-order valence-corrected chi connectivity index (χ3v) is 2.53. The number of aliphatic hydroxyl groups excluding tert-OH is 1. The zero-order chi connectivity index (χ0) is 13.0. The summed E-state index contributed by atoms with van der Waals surface area (Å²) in [5, 5.41) is 16.9. The molecule has 2 N–H and O–H groups in total. The smallest absolute Gasteiger partial charge is 0.164 e. The summed E-state index contributed by atoms with van der Waals surface area (Å²) in [5.41, 5.74) is 0.291. The number of rotatable bonds is 5. The quantitative estimate of drug-likeness (QED) is 0.823. The summed E-state index contributed by atoms with van der Waals surface area (Å²) in [5.74, 6) is 0.237. The first-order chi connectivity index (χ1) is 8.66. The topological polar surface area (TPSA) is 63.0 Å². The molecule has 0 bridgehead atoms. The van der Waals surface area contributed by atoms with E-state index in [1.807, 2.05) is 0 Å². The molecule has 0 saturated carbocycles. The van der Waals surface area contributed by atoms with E-state index in [1.165, 1.54) is 6.07 Å². The molecular weight excluding hydrogens is 235 g/mol. The minimum Gasteiger partial charge on any atom is -0.387 e. The first-order valence-corrected chi connectivity index (χ1v) is 5.64. The number of nitrogens with one attached hydrogen (secondary N) is 1. The largest absolute Gasteiger partial charge is 0.387 e. The SMILES string of the molecule is Cn1cnc(CNCC(O)c2ccccc2F)n1. The average molecular weight is 250 g/mol. The lowest BCUT2D eigenvalue weighted by molar-refractivity contribution is 0.169. The molecule has 5 nitrogen and oxygen atoms in total. The van der Waals surface area contributed by atoms with Crippen LogP contribution in [0.25, 0.3) is 0 Å². The number of hydrogen-bond acceptors (Lipinski definition) is 4. The summed E-state index contributed by atoms with van der Waals surface area (Å²) in [6, 6.07) is 6.19. The van der Waals surface area contributed by atoms with Crippen LogP contribution in [-0.2, 0) is 13.6 Å². The van der Waals surface area contributed by atoms with Gasteiger partial charge in [-0.15, -0.1) is 0 Å². The average Bonchev–Trinajstić information content (AvgIpc) is 2.75. The summed E-state index contributed by atoms with van der Waals surface area (Å²) in [7, 11) is 1.78. The molecule has 0 aliphatic rings. The van der Waals surface area contributed by atoms with E-state index in [4.69, 9.17) is 0 Å². The highest BCUT2D eigenvalue weighted by atomic mass is 19.1. The second kappa shape index (κ2) is 5.70. The van der Waals surface area contributed by atoms with Gasteiger partial charge in [-0.1, -0.05) is 18.2 Å². The molecule has 96 valence electrons. The zero-order valence-electron chi connectivity index (χ0n) is 10.0. The standard InChI is InChI=1S/C12H15FN4O/c1-17-8-15-12(16-17)7-14-6-11(18)9-4-2-3-5-10(9)13/h2-5,8,11,14,18H,6-7H2,1H3. The molecule has 0 amide bonds. The fraction of sp³-hybridized carbons (Fsp3) is 0.333. The van der Waals surface area contributed by atoms with Crippen molar-refractivity contribution in [3.8, 4) is 0 Å². The maximum absolute atomic E-state index is 13.4. The van der Waals surface area contributed by atoms with Gasteiger partial charge < -0.3 is 10.4 Å². The van der Waals surface area contributed by atoms with E-state index >= 15 is 0 Å². The molecule has 6 heteroatoms. The van der Waals surface area contributed by atoms with E-state index in [0.29, 0.717) is 17.9 Å². The minimum absolute atomic E-state index is 0.249. The summed E-state index contributed by atoms with van der Waals surface area (Å²) in [4.78, 5) is 4.04. The van der Waals surface area contributed by atoms with Crippen LogP contribution >= 0.6 is 0 Å². The maximum atomic E-state index is 13.4. The molecule has 1 aromatic carbocycles. The molecule has 1 unspecified atom stereocenters. The fourth-order valence-electron chi connectivity index (χ4n) is 1.64. The summed E-state index contributed by atoms with van der Waals surface area (Å²) < 4.78 is 15.0. The van der Waals surface area contributed by atoms with Gasteiger partial charge in [0.2, 0.25) is 0 Å². The monoisotopic (exact) mass is 250 g/mol. The van der Waals surface area contributed by atoms with Crippen molar-refractivity contribution in [3.05, 3.63) is 47.8 Å². The number of nitrogens with zero attached hydrogens (tertiary/aromatic N) is 3. The molecule has 0 spiro atoms.